The molecule has 9 heteroatoms. The highest BCUT2D eigenvalue weighted by atomic mass is 16.7. The number of ether oxygens (including phenoxy) is 2. The van der Waals surface area contributed by atoms with Gasteiger partial charge in [-0.15, -0.1) is 0 Å². The van der Waals surface area contributed by atoms with E-state index in [2.05, 4.69) is 36.5 Å². The Balaban J connectivity index is 2.14. The van der Waals surface area contributed by atoms with Gasteiger partial charge in [-0.05, 0) is 38.5 Å². The lowest BCUT2D eigenvalue weighted by Crippen LogP contribution is -2.60. The molecule has 1 aliphatic heterocycles. The van der Waals surface area contributed by atoms with Gasteiger partial charge in [0.1, 0.15) is 24.4 Å². The maximum absolute atomic E-state index is 12.0. The lowest BCUT2D eigenvalue weighted by molar-refractivity contribution is -0.302. The number of unbranched alkanes of at least 4 members (excludes halogenated alkanes) is 16. The highest BCUT2D eigenvalue weighted by molar-refractivity contribution is 5.75. The van der Waals surface area contributed by atoms with Crippen molar-refractivity contribution in [2.24, 2.45) is 0 Å². The van der Waals surface area contributed by atoms with Crippen LogP contribution in [0.2, 0.25) is 0 Å². The molecule has 0 aromatic carbocycles. The van der Waals surface area contributed by atoms with E-state index in [0.29, 0.717) is 0 Å². The monoisotopic (exact) mass is 668 g/mol. The number of allylic oxidation sites excluding steroid dienone is 5. The Bertz CT molecular complexity index is 833. The minimum atomic E-state index is -1.57. The van der Waals surface area contributed by atoms with Gasteiger partial charge in [-0.25, -0.2) is 0 Å². The smallest absolute Gasteiger partial charge is 0.220 e. The molecule has 0 aromatic heterocycles. The van der Waals surface area contributed by atoms with E-state index < -0.39 is 49.5 Å². The van der Waals surface area contributed by atoms with Crippen LogP contribution in [0.25, 0.3) is 0 Å². The number of carbonyl (C=O) groups excluding carboxylic acids is 1. The number of aliphatic hydroxyl groups is 5. The van der Waals surface area contributed by atoms with Crippen LogP contribution < -0.4 is 5.32 Å². The van der Waals surface area contributed by atoms with Crippen LogP contribution in [0.1, 0.15) is 142 Å². The van der Waals surface area contributed by atoms with Crippen LogP contribution in [0.15, 0.2) is 36.5 Å². The minimum absolute atomic E-state index is 0.215. The number of aliphatic hydroxyl groups excluding tert-OH is 5. The van der Waals surface area contributed by atoms with Crippen LogP contribution in [-0.2, 0) is 14.3 Å². The maximum atomic E-state index is 12.0. The van der Waals surface area contributed by atoms with Gasteiger partial charge in [0.25, 0.3) is 0 Å². The molecule has 47 heavy (non-hydrogen) atoms. The van der Waals surface area contributed by atoms with Gasteiger partial charge < -0.3 is 40.3 Å². The summed E-state index contributed by atoms with van der Waals surface area (Å²) in [6, 6.07) is -0.821. The number of carbonyl (C=O) groups is 1. The van der Waals surface area contributed by atoms with Gasteiger partial charge >= 0.3 is 0 Å². The van der Waals surface area contributed by atoms with E-state index in [0.717, 1.165) is 25.7 Å². The van der Waals surface area contributed by atoms with Crippen molar-refractivity contribution in [3.8, 4) is 0 Å². The Morgan fingerprint density at radius 1 is 0.702 bits per heavy atom. The summed E-state index contributed by atoms with van der Waals surface area (Å²) in [7, 11) is 0. The highest BCUT2D eigenvalue weighted by Gasteiger charge is 2.44. The number of rotatable bonds is 29. The zero-order valence-electron chi connectivity index (χ0n) is 29.5. The Morgan fingerprint density at radius 3 is 1.70 bits per heavy atom. The molecule has 0 aromatic rings. The third-order valence-corrected chi connectivity index (χ3v) is 8.76. The molecule has 1 saturated heterocycles. The third-order valence-electron chi connectivity index (χ3n) is 8.76. The normalized spacial score (nSPS) is 23.3. The second-order valence-electron chi connectivity index (χ2n) is 13.0. The van der Waals surface area contributed by atoms with E-state index in [4.69, 9.17) is 9.47 Å². The molecular formula is C38H69NO8. The average Bonchev–Trinajstić information content (AvgIpc) is 3.07. The van der Waals surface area contributed by atoms with Gasteiger partial charge in [0.2, 0.25) is 5.91 Å². The molecule has 0 spiro atoms. The van der Waals surface area contributed by atoms with Gasteiger partial charge in [-0.2, -0.15) is 0 Å². The number of amides is 1. The van der Waals surface area contributed by atoms with Crippen molar-refractivity contribution in [3.63, 3.8) is 0 Å². The number of hydrogen-bond acceptors (Lipinski definition) is 8. The molecule has 0 radical (unpaired) electrons. The molecule has 6 N–H and O–H groups in total. The first-order valence-electron chi connectivity index (χ1n) is 18.7. The molecule has 0 saturated carbocycles. The van der Waals surface area contributed by atoms with Crippen LogP contribution in [0.3, 0.4) is 0 Å². The van der Waals surface area contributed by atoms with Gasteiger partial charge in [0, 0.05) is 6.42 Å². The topological polar surface area (TPSA) is 149 Å². The fraction of sp³-hybridized carbons (Fsp3) is 0.816. The highest BCUT2D eigenvalue weighted by Crippen LogP contribution is 2.22. The predicted octanol–water partition coefficient (Wildman–Crippen LogP) is 6.16. The first kappa shape index (κ1) is 43.4. The molecule has 1 heterocycles. The van der Waals surface area contributed by atoms with E-state index in [1.54, 1.807) is 13.0 Å². The number of nitrogens with one attached hydrogen (secondary N) is 1. The predicted molar refractivity (Wildman–Crippen MR) is 189 cm³/mol. The van der Waals surface area contributed by atoms with Gasteiger partial charge in [-0.1, -0.05) is 134 Å². The van der Waals surface area contributed by atoms with E-state index in [1.807, 2.05) is 6.08 Å². The summed E-state index contributed by atoms with van der Waals surface area (Å²) in [5.41, 5.74) is 0. The van der Waals surface area contributed by atoms with Crippen LogP contribution in [0.4, 0.5) is 0 Å². The van der Waals surface area contributed by atoms with Crippen molar-refractivity contribution in [1.29, 1.82) is 0 Å². The van der Waals surface area contributed by atoms with Crippen molar-refractivity contribution >= 4 is 5.91 Å². The Hall–Kier alpha value is -1.59. The van der Waals surface area contributed by atoms with Crippen molar-refractivity contribution in [2.45, 2.75) is 185 Å². The molecule has 1 aliphatic rings. The lowest BCUT2D eigenvalue weighted by atomic mass is 9.99. The largest absolute Gasteiger partial charge is 0.394 e. The Kier molecular flexibility index (Phi) is 27.1. The van der Waals surface area contributed by atoms with Crippen LogP contribution in [0, 0.1) is 0 Å². The summed E-state index contributed by atoms with van der Waals surface area (Å²) in [5.74, 6) is -0.281. The molecule has 0 aliphatic carbocycles. The van der Waals surface area contributed by atoms with E-state index in [1.165, 1.54) is 96.3 Å². The summed E-state index contributed by atoms with van der Waals surface area (Å²) >= 11 is 0. The van der Waals surface area contributed by atoms with Gasteiger partial charge in [-0.3, -0.25) is 4.79 Å². The first-order valence-corrected chi connectivity index (χ1v) is 18.7. The van der Waals surface area contributed by atoms with Gasteiger partial charge in [0.05, 0.1) is 25.4 Å². The van der Waals surface area contributed by atoms with Crippen molar-refractivity contribution in [2.75, 3.05) is 13.2 Å². The zero-order chi connectivity index (χ0) is 34.5. The minimum Gasteiger partial charge on any atom is -0.394 e. The van der Waals surface area contributed by atoms with Gasteiger partial charge in [0.15, 0.2) is 6.29 Å². The van der Waals surface area contributed by atoms with Crippen LogP contribution in [0.5, 0.6) is 0 Å². The summed E-state index contributed by atoms with van der Waals surface area (Å²) in [4.78, 5) is 12.0. The standard InChI is InChI=1S/C38H69NO8/c1-3-5-6-7-8-9-10-11-12-13-14-15-16-17-18-19-20-21-22-23-24-25-26-27-28-32(41)31(39-34(42)4-2)30-46-38-37(45)36(44)35(43)33(29-40)47-38/h19-20,23-24,27-28,31-33,35-38,40-41,43-45H,3-18,21-22,25-26,29-30H2,1-2H3,(H,39,42)/b20-19+,24-23+,28-27+. The summed E-state index contributed by atoms with van der Waals surface area (Å²) < 4.78 is 10.9. The Labute approximate surface area is 285 Å². The first-order chi connectivity index (χ1) is 22.8. The van der Waals surface area contributed by atoms with E-state index >= 15 is 0 Å². The molecule has 7 atom stereocenters. The Morgan fingerprint density at radius 2 is 1.19 bits per heavy atom. The average molecular weight is 668 g/mol. The van der Waals surface area contributed by atoms with Crippen LogP contribution >= 0.6 is 0 Å². The lowest BCUT2D eigenvalue weighted by Gasteiger charge is -2.40. The molecule has 274 valence electrons. The quantitative estimate of drug-likeness (QED) is 0.0411. The third kappa shape index (κ3) is 21.2. The van der Waals surface area contributed by atoms with Crippen molar-refractivity contribution in [3.05, 3.63) is 36.5 Å². The second kappa shape index (κ2) is 29.3. The fourth-order valence-corrected chi connectivity index (χ4v) is 5.62. The molecule has 1 fully saturated rings. The van der Waals surface area contributed by atoms with Crippen molar-refractivity contribution < 1.29 is 39.8 Å². The zero-order valence-corrected chi connectivity index (χ0v) is 29.5. The molecule has 7 unspecified atom stereocenters. The molecule has 1 amide bonds. The maximum Gasteiger partial charge on any atom is 0.220 e. The number of hydrogen-bond donors (Lipinski definition) is 6. The second-order valence-corrected chi connectivity index (χ2v) is 13.0. The summed E-state index contributed by atoms with van der Waals surface area (Å²) in [6.45, 7) is 3.18. The molecule has 1 rings (SSSR count). The SMILES string of the molecule is CCCCCCCCCCCCCCCC/C=C/CC/C=C/CC/C=C/C(O)C(COC1OC(CO)C(O)C(O)C1O)NC(=O)CC. The summed E-state index contributed by atoms with van der Waals surface area (Å²) in [5, 5.41) is 52.8. The van der Waals surface area contributed by atoms with E-state index in [-0.39, 0.29) is 18.9 Å². The van der Waals surface area contributed by atoms with Crippen molar-refractivity contribution in [1.82, 2.24) is 5.32 Å². The summed E-state index contributed by atoms with van der Waals surface area (Å²) in [6.07, 6.45) is 28.7. The molecule has 0 bridgehead atoms. The van der Waals surface area contributed by atoms with Crippen LogP contribution in [-0.4, -0.2) is 87.5 Å². The fourth-order valence-electron chi connectivity index (χ4n) is 5.62. The van der Waals surface area contributed by atoms with E-state index in [9.17, 15) is 30.3 Å². The molecular weight excluding hydrogens is 598 g/mol. The molecule has 9 nitrogen and oxygen atoms in total.